The van der Waals surface area contributed by atoms with E-state index in [0.717, 1.165) is 4.90 Å². The Kier molecular flexibility index (Phi) is 6.75. The Bertz CT molecular complexity index is 1030. The molecule has 1 heterocycles. The lowest BCUT2D eigenvalue weighted by Gasteiger charge is -2.30. The average molecular weight is 483 g/mol. The number of carbonyl (C=O) groups is 1. The first kappa shape index (κ1) is 24.0. The Hall–Kier alpha value is -2.10. The van der Waals surface area contributed by atoms with Gasteiger partial charge in [-0.25, -0.2) is 17.6 Å². The Morgan fingerprint density at radius 2 is 1.91 bits per heavy atom. The number of hydrogen-bond donors (Lipinski definition) is 1. The zero-order chi connectivity index (χ0) is 23.9. The van der Waals surface area contributed by atoms with Gasteiger partial charge in [0.2, 0.25) is 5.91 Å². The standard InChI is InChI=1S/C24H26F4N2O2S/c1-14(2)23(31)30-13-24(27,28)22(29-33(32)18-9-10-18)20(30)12-16-6-4-8-19(21(16)26)15-5-3-7-17(25)11-15/h3-8,11,14,18,20,22,29H,9-10,12-13H2,1-2H3/t20-,22+,33?/m0/s1. The predicted octanol–water partition coefficient (Wildman–Crippen LogP) is 4.46. The summed E-state index contributed by atoms with van der Waals surface area (Å²) >= 11 is -1.66. The second-order valence-corrected chi connectivity index (χ2v) is 10.5. The Balaban J connectivity index is 1.68. The lowest BCUT2D eigenvalue weighted by atomic mass is 9.95. The van der Waals surface area contributed by atoms with Gasteiger partial charge in [-0.3, -0.25) is 4.79 Å². The van der Waals surface area contributed by atoms with E-state index in [4.69, 9.17) is 0 Å². The second-order valence-electron chi connectivity index (χ2n) is 9.03. The number of hydrogen-bond acceptors (Lipinski definition) is 3. The van der Waals surface area contributed by atoms with E-state index in [1.54, 1.807) is 26.0 Å². The molecule has 1 unspecified atom stereocenters. The maximum absolute atomic E-state index is 15.5. The summed E-state index contributed by atoms with van der Waals surface area (Å²) in [6, 6.07) is 7.35. The molecule has 4 rings (SSSR count). The molecule has 4 nitrogen and oxygen atoms in total. The maximum atomic E-state index is 15.5. The van der Waals surface area contributed by atoms with Gasteiger partial charge in [-0.05, 0) is 29.7 Å². The number of benzene rings is 2. The van der Waals surface area contributed by atoms with Crippen LogP contribution in [0.1, 0.15) is 32.3 Å². The van der Waals surface area contributed by atoms with E-state index in [1.165, 1.54) is 30.3 Å². The highest BCUT2D eigenvalue weighted by molar-refractivity contribution is 7.90. The van der Waals surface area contributed by atoms with Crippen LogP contribution < -0.4 is 4.72 Å². The van der Waals surface area contributed by atoms with Crippen molar-refractivity contribution in [2.45, 2.75) is 56.4 Å². The summed E-state index contributed by atoms with van der Waals surface area (Å²) in [5.41, 5.74) is 0.598. The molecular formula is C24H26F4N2O2S. The third-order valence-electron chi connectivity index (χ3n) is 6.11. The van der Waals surface area contributed by atoms with Gasteiger partial charge in [-0.1, -0.05) is 44.2 Å². The fourth-order valence-corrected chi connectivity index (χ4v) is 5.55. The van der Waals surface area contributed by atoms with Gasteiger partial charge in [0.1, 0.15) is 22.9 Å². The molecule has 3 atom stereocenters. The molecule has 1 saturated carbocycles. The summed E-state index contributed by atoms with van der Waals surface area (Å²) in [5.74, 6) is -5.50. The molecule has 0 spiro atoms. The number of amides is 1. The summed E-state index contributed by atoms with van der Waals surface area (Å²) < 4.78 is 74.2. The molecule has 2 aromatic rings. The molecule has 1 N–H and O–H groups in total. The number of halogens is 4. The van der Waals surface area contributed by atoms with Crippen molar-refractivity contribution < 1.29 is 26.9 Å². The molecule has 1 aliphatic heterocycles. The summed E-state index contributed by atoms with van der Waals surface area (Å²) in [6.07, 6.45) is 1.20. The van der Waals surface area contributed by atoms with Crippen LogP contribution in [0.4, 0.5) is 17.6 Å². The van der Waals surface area contributed by atoms with Gasteiger partial charge in [-0.2, -0.15) is 0 Å². The number of alkyl halides is 2. The predicted molar refractivity (Wildman–Crippen MR) is 119 cm³/mol. The van der Waals surface area contributed by atoms with Gasteiger partial charge < -0.3 is 9.45 Å². The molecule has 2 aromatic carbocycles. The first-order valence-corrected chi connectivity index (χ1v) is 12.2. The minimum Gasteiger partial charge on any atom is -0.598 e. The molecule has 1 amide bonds. The van der Waals surface area contributed by atoms with E-state index in [2.05, 4.69) is 4.72 Å². The number of likely N-dealkylation sites (tertiary alicyclic amines) is 1. The van der Waals surface area contributed by atoms with Crippen molar-refractivity contribution in [3.8, 4) is 11.1 Å². The molecule has 0 aromatic heterocycles. The Labute approximate surface area is 193 Å². The van der Waals surface area contributed by atoms with Crippen molar-refractivity contribution >= 4 is 17.3 Å². The average Bonchev–Trinajstić information content (AvgIpc) is 3.57. The van der Waals surface area contributed by atoms with Crippen LogP contribution in [0.3, 0.4) is 0 Å². The summed E-state index contributed by atoms with van der Waals surface area (Å²) in [6.45, 7) is 2.41. The molecule has 33 heavy (non-hydrogen) atoms. The third-order valence-corrected chi connectivity index (χ3v) is 7.68. The summed E-state index contributed by atoms with van der Waals surface area (Å²) in [7, 11) is 0. The van der Waals surface area contributed by atoms with E-state index < -0.39 is 59.4 Å². The highest BCUT2D eigenvalue weighted by Gasteiger charge is 2.58. The molecular weight excluding hydrogens is 456 g/mol. The Morgan fingerprint density at radius 1 is 1.21 bits per heavy atom. The van der Waals surface area contributed by atoms with Gasteiger partial charge in [0.05, 0.1) is 12.6 Å². The van der Waals surface area contributed by atoms with Crippen molar-refractivity contribution in [1.82, 2.24) is 9.62 Å². The molecule has 9 heteroatoms. The van der Waals surface area contributed by atoms with Gasteiger partial charge in [0.25, 0.3) is 5.92 Å². The first-order valence-electron chi connectivity index (χ1n) is 11.0. The van der Waals surface area contributed by atoms with E-state index >= 15 is 13.2 Å². The van der Waals surface area contributed by atoms with Crippen LogP contribution in [0, 0.1) is 17.6 Å². The van der Waals surface area contributed by atoms with Crippen molar-refractivity contribution in [2.24, 2.45) is 5.92 Å². The van der Waals surface area contributed by atoms with Crippen LogP contribution in [-0.4, -0.2) is 45.2 Å². The number of rotatable bonds is 7. The smallest absolute Gasteiger partial charge is 0.286 e. The van der Waals surface area contributed by atoms with E-state index in [0.29, 0.717) is 18.4 Å². The van der Waals surface area contributed by atoms with E-state index in [1.807, 2.05) is 0 Å². The molecule has 1 aliphatic carbocycles. The topological polar surface area (TPSA) is 55.4 Å². The maximum Gasteiger partial charge on any atom is 0.286 e. The molecule has 2 fully saturated rings. The summed E-state index contributed by atoms with van der Waals surface area (Å²) in [5, 5.41) is -0.177. The quantitative estimate of drug-likeness (QED) is 0.468. The van der Waals surface area contributed by atoms with E-state index in [9.17, 15) is 13.7 Å². The Morgan fingerprint density at radius 3 is 2.55 bits per heavy atom. The van der Waals surface area contributed by atoms with Gasteiger partial charge in [0.15, 0.2) is 0 Å². The van der Waals surface area contributed by atoms with Gasteiger partial charge in [-0.15, -0.1) is 4.72 Å². The van der Waals surface area contributed by atoms with Gasteiger partial charge in [0, 0.05) is 35.7 Å². The minimum absolute atomic E-state index is 0.130. The second kappa shape index (κ2) is 9.27. The molecule has 0 bridgehead atoms. The van der Waals surface area contributed by atoms with E-state index in [-0.39, 0.29) is 22.8 Å². The highest BCUT2D eigenvalue weighted by Crippen LogP contribution is 2.38. The van der Waals surface area contributed by atoms with Gasteiger partial charge >= 0.3 is 0 Å². The lowest BCUT2D eigenvalue weighted by molar-refractivity contribution is -0.136. The number of nitrogens with one attached hydrogen (secondary N) is 1. The van der Waals surface area contributed by atoms with Crippen LogP contribution in [-0.2, 0) is 22.6 Å². The van der Waals surface area contributed by atoms with Crippen molar-refractivity contribution in [2.75, 3.05) is 6.54 Å². The monoisotopic (exact) mass is 482 g/mol. The van der Waals surface area contributed by atoms with Crippen LogP contribution >= 0.6 is 0 Å². The summed E-state index contributed by atoms with van der Waals surface area (Å²) in [4.78, 5) is 13.9. The number of nitrogens with zero attached hydrogens (tertiary/aromatic N) is 1. The lowest BCUT2D eigenvalue weighted by Crippen LogP contribution is -2.53. The van der Waals surface area contributed by atoms with Crippen LogP contribution in [0.2, 0.25) is 0 Å². The first-order chi connectivity index (χ1) is 15.6. The van der Waals surface area contributed by atoms with Crippen molar-refractivity contribution in [3.63, 3.8) is 0 Å². The highest BCUT2D eigenvalue weighted by atomic mass is 32.2. The fraction of sp³-hybridized carbons (Fsp3) is 0.458. The normalized spacial score (nSPS) is 23.2. The largest absolute Gasteiger partial charge is 0.598 e. The van der Waals surface area contributed by atoms with Crippen LogP contribution in [0.25, 0.3) is 11.1 Å². The number of carbonyl (C=O) groups excluding carboxylic acids is 1. The molecule has 0 radical (unpaired) electrons. The zero-order valence-corrected chi connectivity index (χ0v) is 19.2. The molecule has 2 aliphatic rings. The van der Waals surface area contributed by atoms with Crippen LogP contribution in [0.5, 0.6) is 0 Å². The SMILES string of the molecule is CC(C)C(=O)N1CC(F)(F)[C@H](N[S+]([O-])C2CC2)[C@@H]1Cc1cccc(-c2cccc(F)c2)c1F. The van der Waals surface area contributed by atoms with Crippen molar-refractivity contribution in [3.05, 3.63) is 59.7 Å². The minimum atomic E-state index is -3.32. The fourth-order valence-electron chi connectivity index (χ4n) is 4.22. The molecule has 178 valence electrons. The van der Waals surface area contributed by atoms with Crippen molar-refractivity contribution in [1.29, 1.82) is 0 Å². The molecule has 1 saturated heterocycles. The third kappa shape index (κ3) is 5.05. The van der Waals surface area contributed by atoms with Crippen LogP contribution in [0.15, 0.2) is 42.5 Å². The zero-order valence-electron chi connectivity index (χ0n) is 18.4.